The van der Waals surface area contributed by atoms with Crippen molar-refractivity contribution in [3.63, 3.8) is 0 Å². The number of benzene rings is 2. The first-order chi connectivity index (χ1) is 9.15. The minimum Gasteiger partial charge on any atom is -0.497 e. The number of hydrogen-bond acceptors (Lipinski definition) is 4. The van der Waals surface area contributed by atoms with Gasteiger partial charge in [-0.2, -0.15) is 0 Å². The summed E-state index contributed by atoms with van der Waals surface area (Å²) in [5.41, 5.74) is 2.41. The van der Waals surface area contributed by atoms with Gasteiger partial charge in [0.1, 0.15) is 5.75 Å². The molecule has 0 unspecified atom stereocenters. The van der Waals surface area contributed by atoms with E-state index >= 15 is 0 Å². The predicted octanol–water partition coefficient (Wildman–Crippen LogP) is 2.76. The van der Waals surface area contributed by atoms with E-state index in [1.807, 2.05) is 6.07 Å². The summed E-state index contributed by atoms with van der Waals surface area (Å²) in [6.07, 6.45) is 0. The Morgan fingerprint density at radius 3 is 2.42 bits per heavy atom. The Kier molecular flexibility index (Phi) is 3.77. The molecule has 0 heterocycles. The number of aliphatic hydroxyl groups excluding tert-OH is 1. The van der Waals surface area contributed by atoms with Crippen LogP contribution in [0, 0.1) is 10.1 Å². The van der Waals surface area contributed by atoms with Crippen molar-refractivity contribution in [1.29, 1.82) is 0 Å². The number of nitro groups is 1. The van der Waals surface area contributed by atoms with E-state index in [0.29, 0.717) is 11.3 Å². The van der Waals surface area contributed by atoms with Gasteiger partial charge in [-0.3, -0.25) is 10.1 Å². The van der Waals surface area contributed by atoms with Crippen LogP contribution in [0.25, 0.3) is 11.1 Å². The van der Waals surface area contributed by atoms with Crippen molar-refractivity contribution in [3.8, 4) is 16.9 Å². The van der Waals surface area contributed by atoms with Crippen molar-refractivity contribution in [2.75, 3.05) is 7.11 Å². The number of rotatable bonds is 4. The molecule has 0 aliphatic carbocycles. The maximum absolute atomic E-state index is 10.6. The fraction of sp³-hybridized carbons (Fsp3) is 0.143. The van der Waals surface area contributed by atoms with Crippen LogP contribution >= 0.6 is 0 Å². The van der Waals surface area contributed by atoms with Gasteiger partial charge in [-0.15, -0.1) is 0 Å². The molecule has 0 aliphatic rings. The lowest BCUT2D eigenvalue weighted by Crippen LogP contribution is -1.92. The normalized spacial score (nSPS) is 10.2. The second kappa shape index (κ2) is 5.49. The van der Waals surface area contributed by atoms with E-state index in [1.54, 1.807) is 31.4 Å². The molecule has 1 N–H and O–H groups in total. The zero-order valence-electron chi connectivity index (χ0n) is 10.4. The van der Waals surface area contributed by atoms with Crippen LogP contribution in [0.2, 0.25) is 0 Å². The summed E-state index contributed by atoms with van der Waals surface area (Å²) in [4.78, 5) is 10.2. The molecule has 0 aromatic heterocycles. The van der Waals surface area contributed by atoms with Crippen LogP contribution in [-0.4, -0.2) is 17.1 Å². The highest BCUT2D eigenvalue weighted by molar-refractivity contribution is 5.69. The lowest BCUT2D eigenvalue weighted by atomic mass is 9.99. The quantitative estimate of drug-likeness (QED) is 0.676. The second-order valence-electron chi connectivity index (χ2n) is 3.99. The molecule has 19 heavy (non-hydrogen) atoms. The Balaban J connectivity index is 2.43. The topological polar surface area (TPSA) is 72.6 Å². The molecule has 5 nitrogen and oxygen atoms in total. The molecule has 2 aromatic carbocycles. The van der Waals surface area contributed by atoms with Crippen molar-refractivity contribution in [1.82, 2.24) is 0 Å². The van der Waals surface area contributed by atoms with Gasteiger partial charge in [0, 0.05) is 12.1 Å². The zero-order valence-corrected chi connectivity index (χ0v) is 10.4. The van der Waals surface area contributed by atoms with Crippen molar-refractivity contribution in [3.05, 3.63) is 58.1 Å². The van der Waals surface area contributed by atoms with Gasteiger partial charge in [0.2, 0.25) is 0 Å². The molecular formula is C14H13NO4. The summed E-state index contributed by atoms with van der Waals surface area (Å²) < 4.78 is 5.10. The highest BCUT2D eigenvalue weighted by Gasteiger charge is 2.09. The third kappa shape index (κ3) is 2.71. The first-order valence-corrected chi connectivity index (χ1v) is 5.68. The van der Waals surface area contributed by atoms with Crippen LogP contribution in [0.3, 0.4) is 0 Å². The lowest BCUT2D eigenvalue weighted by Gasteiger charge is -2.09. The fourth-order valence-electron chi connectivity index (χ4n) is 1.87. The summed E-state index contributed by atoms with van der Waals surface area (Å²) in [6, 6.07) is 11.6. The average molecular weight is 259 g/mol. The number of methoxy groups -OCH3 is 1. The van der Waals surface area contributed by atoms with Crippen molar-refractivity contribution >= 4 is 5.69 Å². The standard InChI is InChI=1S/C14H13NO4/c1-19-13-6-7-14(11(8-13)9-16)10-2-4-12(5-3-10)15(17)18/h2-8,16H,9H2,1H3. The Labute approximate surface area is 110 Å². The summed E-state index contributed by atoms with van der Waals surface area (Å²) in [6.45, 7) is -0.122. The number of nitro benzene ring substituents is 1. The van der Waals surface area contributed by atoms with Crippen molar-refractivity contribution in [2.24, 2.45) is 0 Å². The fourth-order valence-corrected chi connectivity index (χ4v) is 1.87. The van der Waals surface area contributed by atoms with Crippen molar-refractivity contribution in [2.45, 2.75) is 6.61 Å². The molecule has 5 heteroatoms. The molecule has 0 spiro atoms. The number of hydrogen-bond donors (Lipinski definition) is 1. The van der Waals surface area contributed by atoms with Crippen LogP contribution in [0.1, 0.15) is 5.56 Å². The van der Waals surface area contributed by atoms with Gasteiger partial charge in [-0.1, -0.05) is 6.07 Å². The van der Waals surface area contributed by atoms with Gasteiger partial charge in [0.15, 0.2) is 0 Å². The van der Waals surface area contributed by atoms with Gasteiger partial charge in [0.25, 0.3) is 5.69 Å². The van der Waals surface area contributed by atoms with Crippen molar-refractivity contribution < 1.29 is 14.8 Å². The van der Waals surface area contributed by atoms with Gasteiger partial charge < -0.3 is 9.84 Å². The number of aliphatic hydroxyl groups is 1. The molecule has 2 rings (SSSR count). The van der Waals surface area contributed by atoms with E-state index < -0.39 is 4.92 Å². The Morgan fingerprint density at radius 1 is 1.21 bits per heavy atom. The first-order valence-electron chi connectivity index (χ1n) is 5.68. The van der Waals surface area contributed by atoms with Gasteiger partial charge in [0.05, 0.1) is 18.6 Å². The monoisotopic (exact) mass is 259 g/mol. The van der Waals surface area contributed by atoms with Crippen LogP contribution in [0.4, 0.5) is 5.69 Å². The minimum atomic E-state index is -0.440. The third-order valence-corrected chi connectivity index (χ3v) is 2.87. The maximum atomic E-state index is 10.6. The first kappa shape index (κ1) is 13.0. The number of non-ortho nitro benzene ring substituents is 1. The predicted molar refractivity (Wildman–Crippen MR) is 71.0 cm³/mol. The summed E-state index contributed by atoms with van der Waals surface area (Å²) in [7, 11) is 1.56. The highest BCUT2D eigenvalue weighted by Crippen LogP contribution is 2.28. The van der Waals surface area contributed by atoms with Crippen LogP contribution in [0.5, 0.6) is 5.75 Å². The SMILES string of the molecule is COc1ccc(-c2ccc([N+](=O)[O-])cc2)c(CO)c1. The molecule has 0 amide bonds. The largest absolute Gasteiger partial charge is 0.497 e. The van der Waals surface area contributed by atoms with Gasteiger partial charge >= 0.3 is 0 Å². The summed E-state index contributed by atoms with van der Waals surface area (Å²) in [5, 5.41) is 20.0. The summed E-state index contributed by atoms with van der Waals surface area (Å²) >= 11 is 0. The van der Waals surface area contributed by atoms with E-state index in [4.69, 9.17) is 4.74 Å². The Hall–Kier alpha value is -2.40. The molecule has 0 fully saturated rings. The van der Waals surface area contributed by atoms with E-state index in [2.05, 4.69) is 0 Å². The van der Waals surface area contributed by atoms with E-state index in [1.165, 1.54) is 12.1 Å². The van der Waals surface area contributed by atoms with E-state index in [-0.39, 0.29) is 12.3 Å². The zero-order chi connectivity index (χ0) is 13.8. The molecule has 0 bridgehead atoms. The molecular weight excluding hydrogens is 246 g/mol. The molecule has 98 valence electrons. The molecule has 0 radical (unpaired) electrons. The minimum absolute atomic E-state index is 0.0443. The smallest absolute Gasteiger partial charge is 0.269 e. The van der Waals surface area contributed by atoms with Gasteiger partial charge in [-0.25, -0.2) is 0 Å². The molecule has 0 aliphatic heterocycles. The average Bonchev–Trinajstić information content (AvgIpc) is 2.46. The molecule has 0 saturated carbocycles. The molecule has 0 atom stereocenters. The Morgan fingerprint density at radius 2 is 1.89 bits per heavy atom. The second-order valence-corrected chi connectivity index (χ2v) is 3.99. The summed E-state index contributed by atoms with van der Waals surface area (Å²) in [5.74, 6) is 0.662. The van der Waals surface area contributed by atoms with E-state index in [0.717, 1.165) is 11.1 Å². The van der Waals surface area contributed by atoms with Crippen LogP contribution in [-0.2, 0) is 6.61 Å². The maximum Gasteiger partial charge on any atom is 0.269 e. The van der Waals surface area contributed by atoms with Crippen LogP contribution < -0.4 is 4.74 Å². The van der Waals surface area contributed by atoms with Crippen LogP contribution in [0.15, 0.2) is 42.5 Å². The van der Waals surface area contributed by atoms with E-state index in [9.17, 15) is 15.2 Å². The third-order valence-electron chi connectivity index (χ3n) is 2.87. The van der Waals surface area contributed by atoms with Gasteiger partial charge in [-0.05, 0) is 41.0 Å². The Bertz CT molecular complexity index is 593. The highest BCUT2D eigenvalue weighted by atomic mass is 16.6. The molecule has 0 saturated heterocycles. The molecule has 2 aromatic rings. The lowest BCUT2D eigenvalue weighted by molar-refractivity contribution is -0.384. The number of nitrogens with zero attached hydrogens (tertiary/aromatic N) is 1. The number of ether oxygens (including phenoxy) is 1.